The first kappa shape index (κ1) is 19.5. The molecule has 1 N–H and O–H groups in total. The summed E-state index contributed by atoms with van der Waals surface area (Å²) in [7, 11) is 0. The van der Waals surface area contributed by atoms with Crippen LogP contribution in [0.4, 0.5) is 0 Å². The number of benzene rings is 2. The molecule has 0 aliphatic carbocycles. The van der Waals surface area contributed by atoms with Crippen LogP contribution in [0.5, 0.6) is 0 Å². The normalized spacial score (nSPS) is 11.8. The minimum atomic E-state index is -0.428. The molecule has 0 aliphatic heterocycles. The SMILES string of the molecule is CC(C)c1cc(C(C)C)c([Te]c2ccc(CO)cc2)c(C(C)C)c1. The van der Waals surface area contributed by atoms with Crippen molar-refractivity contribution in [3.63, 3.8) is 0 Å². The molecular weight excluding hydrogens is 408 g/mol. The molecule has 2 heteroatoms. The molecule has 0 saturated heterocycles. The molecule has 0 aliphatic rings. The molecule has 2 rings (SSSR count). The maximum atomic E-state index is 9.25. The third-order valence-corrected chi connectivity index (χ3v) is 7.78. The molecule has 0 unspecified atom stereocenters. The van der Waals surface area contributed by atoms with Gasteiger partial charge >= 0.3 is 158 Å². The molecule has 0 spiro atoms. The topological polar surface area (TPSA) is 20.2 Å². The fourth-order valence-corrected chi connectivity index (χ4v) is 6.59. The van der Waals surface area contributed by atoms with Crippen molar-refractivity contribution in [3.8, 4) is 0 Å². The van der Waals surface area contributed by atoms with Gasteiger partial charge in [-0.05, 0) is 0 Å². The quantitative estimate of drug-likeness (QED) is 0.671. The van der Waals surface area contributed by atoms with Gasteiger partial charge in [0.15, 0.2) is 0 Å². The summed E-state index contributed by atoms with van der Waals surface area (Å²) in [5.41, 5.74) is 5.54. The van der Waals surface area contributed by atoms with Gasteiger partial charge in [0.1, 0.15) is 0 Å². The van der Waals surface area contributed by atoms with E-state index in [1.165, 1.54) is 9.17 Å². The van der Waals surface area contributed by atoms with Crippen molar-refractivity contribution in [2.45, 2.75) is 65.9 Å². The van der Waals surface area contributed by atoms with E-state index < -0.39 is 20.9 Å². The zero-order valence-electron chi connectivity index (χ0n) is 15.8. The molecule has 24 heavy (non-hydrogen) atoms. The summed E-state index contributed by atoms with van der Waals surface area (Å²) in [4.78, 5) is 0. The molecule has 0 amide bonds. The average molecular weight is 438 g/mol. The van der Waals surface area contributed by atoms with Crippen LogP contribution in [0, 0.1) is 0 Å². The zero-order valence-corrected chi connectivity index (χ0v) is 18.1. The van der Waals surface area contributed by atoms with Crippen molar-refractivity contribution in [2.24, 2.45) is 0 Å². The van der Waals surface area contributed by atoms with Crippen LogP contribution in [0.3, 0.4) is 0 Å². The van der Waals surface area contributed by atoms with E-state index >= 15 is 0 Å². The Balaban J connectivity index is 2.52. The van der Waals surface area contributed by atoms with Gasteiger partial charge in [-0.3, -0.25) is 0 Å². The van der Waals surface area contributed by atoms with Crippen LogP contribution in [0.15, 0.2) is 36.4 Å². The van der Waals surface area contributed by atoms with E-state index in [1.54, 1.807) is 14.7 Å². The molecular formula is C22H30OTe. The molecule has 0 bridgehead atoms. The van der Waals surface area contributed by atoms with E-state index in [-0.39, 0.29) is 6.61 Å². The summed E-state index contributed by atoms with van der Waals surface area (Å²) in [6, 6.07) is 13.4. The summed E-state index contributed by atoms with van der Waals surface area (Å²) in [6.07, 6.45) is 0. The number of hydrogen-bond acceptors (Lipinski definition) is 1. The molecule has 130 valence electrons. The monoisotopic (exact) mass is 440 g/mol. The van der Waals surface area contributed by atoms with Crippen LogP contribution >= 0.6 is 0 Å². The number of aliphatic hydroxyl groups is 1. The van der Waals surface area contributed by atoms with Crippen molar-refractivity contribution >= 4 is 28.1 Å². The third-order valence-electron chi connectivity index (χ3n) is 4.41. The van der Waals surface area contributed by atoms with Crippen LogP contribution in [-0.2, 0) is 6.61 Å². The van der Waals surface area contributed by atoms with Crippen LogP contribution < -0.4 is 7.22 Å². The van der Waals surface area contributed by atoms with Crippen molar-refractivity contribution < 1.29 is 5.11 Å². The second-order valence-electron chi connectivity index (χ2n) is 7.40. The van der Waals surface area contributed by atoms with Crippen LogP contribution in [0.25, 0.3) is 0 Å². The van der Waals surface area contributed by atoms with Gasteiger partial charge in [0, 0.05) is 0 Å². The van der Waals surface area contributed by atoms with Crippen LogP contribution in [-0.4, -0.2) is 26.0 Å². The predicted molar refractivity (Wildman–Crippen MR) is 106 cm³/mol. The van der Waals surface area contributed by atoms with E-state index in [4.69, 9.17) is 0 Å². The first-order valence-electron chi connectivity index (χ1n) is 8.88. The summed E-state index contributed by atoms with van der Waals surface area (Å²) < 4.78 is 3.06. The molecule has 0 atom stereocenters. The minimum absolute atomic E-state index is 0.123. The van der Waals surface area contributed by atoms with Crippen LogP contribution in [0.2, 0.25) is 0 Å². The van der Waals surface area contributed by atoms with Gasteiger partial charge in [-0.1, -0.05) is 0 Å². The second kappa shape index (κ2) is 8.52. The molecule has 0 radical (unpaired) electrons. The van der Waals surface area contributed by atoms with Crippen molar-refractivity contribution in [3.05, 3.63) is 58.7 Å². The summed E-state index contributed by atoms with van der Waals surface area (Å²) >= 11 is -0.428. The zero-order chi connectivity index (χ0) is 17.9. The average Bonchev–Trinajstić information content (AvgIpc) is 2.54. The van der Waals surface area contributed by atoms with Crippen molar-refractivity contribution in [1.29, 1.82) is 0 Å². The Kier molecular flexibility index (Phi) is 6.93. The molecule has 0 fully saturated rings. The standard InChI is InChI=1S/C22H30OTe/c1-14(2)18-11-20(15(3)4)22(21(12-18)16(5)6)24-19-9-7-17(13-23)8-10-19/h7-12,14-16,23H,13H2,1-6H3. The third kappa shape index (κ3) is 4.63. The van der Waals surface area contributed by atoms with Gasteiger partial charge in [0.25, 0.3) is 0 Å². The predicted octanol–water partition coefficient (Wildman–Crippen LogP) is 4.20. The van der Waals surface area contributed by atoms with Crippen molar-refractivity contribution in [2.75, 3.05) is 0 Å². The molecule has 0 heterocycles. The van der Waals surface area contributed by atoms with E-state index in [9.17, 15) is 5.11 Å². The van der Waals surface area contributed by atoms with Gasteiger partial charge in [0.2, 0.25) is 0 Å². The van der Waals surface area contributed by atoms with Crippen LogP contribution in [0.1, 0.15) is 81.5 Å². The number of rotatable bonds is 6. The van der Waals surface area contributed by atoms with Gasteiger partial charge in [-0.25, -0.2) is 0 Å². The first-order valence-corrected chi connectivity index (χ1v) is 11.2. The number of aliphatic hydroxyl groups excluding tert-OH is 1. The Morgan fingerprint density at radius 2 is 1.29 bits per heavy atom. The fraction of sp³-hybridized carbons (Fsp3) is 0.455. The first-order chi connectivity index (χ1) is 11.3. The molecule has 0 aromatic heterocycles. The van der Waals surface area contributed by atoms with Gasteiger partial charge < -0.3 is 0 Å². The molecule has 1 nitrogen and oxygen atoms in total. The van der Waals surface area contributed by atoms with Gasteiger partial charge in [-0.2, -0.15) is 0 Å². The maximum absolute atomic E-state index is 9.25. The van der Waals surface area contributed by atoms with Gasteiger partial charge in [0.05, 0.1) is 0 Å². The Morgan fingerprint density at radius 3 is 1.67 bits per heavy atom. The second-order valence-corrected chi connectivity index (χ2v) is 10.5. The summed E-state index contributed by atoms with van der Waals surface area (Å²) in [6.45, 7) is 14.0. The Labute approximate surface area is 157 Å². The van der Waals surface area contributed by atoms with E-state index in [0.717, 1.165) is 5.56 Å². The molecule has 2 aromatic carbocycles. The summed E-state index contributed by atoms with van der Waals surface area (Å²) in [5.74, 6) is 1.68. The molecule has 2 aromatic rings. The van der Waals surface area contributed by atoms with E-state index in [1.807, 2.05) is 0 Å². The van der Waals surface area contributed by atoms with Gasteiger partial charge in [-0.15, -0.1) is 0 Å². The number of hydrogen-bond donors (Lipinski definition) is 1. The Hall–Kier alpha value is -0.810. The fourth-order valence-electron chi connectivity index (χ4n) is 2.79. The Morgan fingerprint density at radius 1 is 0.792 bits per heavy atom. The summed E-state index contributed by atoms with van der Waals surface area (Å²) in [5, 5.41) is 9.25. The Bertz CT molecular complexity index is 640. The van der Waals surface area contributed by atoms with Crippen molar-refractivity contribution in [1.82, 2.24) is 0 Å². The molecule has 0 saturated carbocycles. The van der Waals surface area contributed by atoms with E-state index in [0.29, 0.717) is 17.8 Å². The van der Waals surface area contributed by atoms with E-state index in [2.05, 4.69) is 77.9 Å².